The number of fused-ring (bicyclic) bond motifs is 1. The van der Waals surface area contributed by atoms with E-state index in [9.17, 15) is 0 Å². The highest BCUT2D eigenvalue weighted by atomic mass is 15.0. The highest BCUT2D eigenvalue weighted by Gasteiger charge is 2.52. The maximum Gasteiger partial charge on any atom is 0.000853 e. The van der Waals surface area contributed by atoms with E-state index in [0.717, 1.165) is 11.3 Å². The molecule has 2 rings (SSSR count). The van der Waals surface area contributed by atoms with E-state index in [1.54, 1.807) is 0 Å². The van der Waals surface area contributed by atoms with Crippen LogP contribution in [0.4, 0.5) is 0 Å². The molecule has 1 aliphatic heterocycles. The Hall–Kier alpha value is -0.0400. The van der Waals surface area contributed by atoms with Gasteiger partial charge in [-0.15, -0.1) is 0 Å². The standard InChI is InChI=1S/C6H11N/c1-6-2-5(6)3-7-4-6/h5,7H,2-4H2,1H3/t5-,6?/m1/s1. The average Bonchev–Trinajstić information content (AvgIpc) is 2.09. The molecule has 1 N–H and O–H groups in total. The van der Waals surface area contributed by atoms with E-state index < -0.39 is 0 Å². The lowest BCUT2D eigenvalue weighted by Gasteiger charge is -1.97. The first kappa shape index (κ1) is 3.90. The summed E-state index contributed by atoms with van der Waals surface area (Å²) in [6.45, 7) is 4.94. The second-order valence-electron chi connectivity index (χ2n) is 3.19. The molecule has 0 aromatic rings. The van der Waals surface area contributed by atoms with Crippen molar-refractivity contribution in [2.75, 3.05) is 13.1 Å². The summed E-state index contributed by atoms with van der Waals surface area (Å²) in [5, 5.41) is 3.36. The minimum absolute atomic E-state index is 0.750. The van der Waals surface area contributed by atoms with E-state index in [4.69, 9.17) is 0 Å². The summed E-state index contributed by atoms with van der Waals surface area (Å²) in [5.41, 5.74) is 0.750. The molecule has 1 unspecified atom stereocenters. The second-order valence-corrected chi connectivity index (χ2v) is 3.19. The highest BCUT2D eigenvalue weighted by Crippen LogP contribution is 2.54. The summed E-state index contributed by atoms with van der Waals surface area (Å²) in [6, 6.07) is 0. The molecule has 7 heavy (non-hydrogen) atoms. The van der Waals surface area contributed by atoms with Crippen molar-refractivity contribution in [1.82, 2.24) is 5.32 Å². The van der Waals surface area contributed by atoms with E-state index >= 15 is 0 Å². The minimum Gasteiger partial charge on any atom is -0.316 e. The fraction of sp³-hybridized carbons (Fsp3) is 1.00. The SMILES string of the molecule is CC12CNC[C@H]1C2. The van der Waals surface area contributed by atoms with Crippen LogP contribution in [0.25, 0.3) is 0 Å². The normalized spacial score (nSPS) is 57.0. The van der Waals surface area contributed by atoms with Crippen molar-refractivity contribution in [2.24, 2.45) is 11.3 Å². The van der Waals surface area contributed by atoms with E-state index in [1.807, 2.05) is 0 Å². The molecule has 1 aliphatic carbocycles. The molecular formula is C6H11N. The van der Waals surface area contributed by atoms with Crippen molar-refractivity contribution in [1.29, 1.82) is 0 Å². The second kappa shape index (κ2) is 0.873. The van der Waals surface area contributed by atoms with Crippen molar-refractivity contribution in [3.8, 4) is 0 Å². The first-order valence-electron chi connectivity index (χ1n) is 3.02. The van der Waals surface area contributed by atoms with Crippen molar-refractivity contribution < 1.29 is 0 Å². The Bertz CT molecular complexity index is 98.4. The van der Waals surface area contributed by atoms with Gasteiger partial charge in [0.1, 0.15) is 0 Å². The minimum atomic E-state index is 0.750. The van der Waals surface area contributed by atoms with Gasteiger partial charge in [0.25, 0.3) is 0 Å². The molecule has 2 atom stereocenters. The van der Waals surface area contributed by atoms with E-state index in [2.05, 4.69) is 12.2 Å². The molecule has 1 saturated heterocycles. The first-order chi connectivity index (χ1) is 3.31. The smallest absolute Gasteiger partial charge is 0.000853 e. The summed E-state index contributed by atoms with van der Waals surface area (Å²) in [7, 11) is 0. The van der Waals surface area contributed by atoms with Gasteiger partial charge >= 0.3 is 0 Å². The predicted octanol–water partition coefficient (Wildman–Crippen LogP) is 0.616. The van der Waals surface area contributed by atoms with Gasteiger partial charge in [-0.2, -0.15) is 0 Å². The van der Waals surface area contributed by atoms with Gasteiger partial charge in [-0.25, -0.2) is 0 Å². The zero-order valence-electron chi connectivity index (χ0n) is 4.70. The van der Waals surface area contributed by atoms with Gasteiger partial charge in [-0.1, -0.05) is 6.92 Å². The molecule has 2 fully saturated rings. The van der Waals surface area contributed by atoms with Gasteiger partial charge in [0.15, 0.2) is 0 Å². The fourth-order valence-electron chi connectivity index (χ4n) is 1.57. The van der Waals surface area contributed by atoms with Crippen LogP contribution < -0.4 is 5.32 Å². The number of nitrogens with one attached hydrogen (secondary N) is 1. The van der Waals surface area contributed by atoms with Gasteiger partial charge < -0.3 is 5.32 Å². The molecule has 40 valence electrons. The Kier molecular flexibility index (Phi) is 0.487. The van der Waals surface area contributed by atoms with Crippen LogP contribution >= 0.6 is 0 Å². The Morgan fingerprint density at radius 2 is 2.57 bits per heavy atom. The summed E-state index contributed by atoms with van der Waals surface area (Å²) >= 11 is 0. The average molecular weight is 97.2 g/mol. The molecule has 1 nitrogen and oxygen atoms in total. The summed E-state index contributed by atoms with van der Waals surface area (Å²) < 4.78 is 0. The Morgan fingerprint density at radius 3 is 2.71 bits per heavy atom. The van der Waals surface area contributed by atoms with Crippen LogP contribution in [0, 0.1) is 11.3 Å². The van der Waals surface area contributed by atoms with Gasteiger partial charge in [0.2, 0.25) is 0 Å². The molecule has 0 amide bonds. The van der Waals surface area contributed by atoms with Crippen LogP contribution in [0.3, 0.4) is 0 Å². The predicted molar refractivity (Wildman–Crippen MR) is 29.1 cm³/mol. The molecule has 1 heteroatoms. The van der Waals surface area contributed by atoms with Crippen molar-refractivity contribution in [2.45, 2.75) is 13.3 Å². The summed E-state index contributed by atoms with van der Waals surface area (Å²) in [4.78, 5) is 0. The van der Waals surface area contributed by atoms with Gasteiger partial charge in [0.05, 0.1) is 0 Å². The van der Waals surface area contributed by atoms with Crippen LogP contribution in [-0.4, -0.2) is 13.1 Å². The molecular weight excluding hydrogens is 86.1 g/mol. The zero-order chi connectivity index (χ0) is 4.91. The van der Waals surface area contributed by atoms with Crippen molar-refractivity contribution in [3.63, 3.8) is 0 Å². The van der Waals surface area contributed by atoms with Gasteiger partial charge in [0, 0.05) is 6.54 Å². The van der Waals surface area contributed by atoms with Crippen LogP contribution in [0.2, 0.25) is 0 Å². The Morgan fingerprint density at radius 1 is 1.71 bits per heavy atom. The van der Waals surface area contributed by atoms with Crippen LogP contribution in [0.15, 0.2) is 0 Å². The zero-order valence-corrected chi connectivity index (χ0v) is 4.70. The quantitative estimate of drug-likeness (QED) is 0.467. The summed E-state index contributed by atoms with van der Waals surface area (Å²) in [5.74, 6) is 1.05. The molecule has 0 radical (unpaired) electrons. The van der Waals surface area contributed by atoms with E-state index in [0.29, 0.717) is 0 Å². The van der Waals surface area contributed by atoms with Crippen LogP contribution in [0.5, 0.6) is 0 Å². The van der Waals surface area contributed by atoms with Crippen LogP contribution in [-0.2, 0) is 0 Å². The Balaban J connectivity index is 2.17. The topological polar surface area (TPSA) is 12.0 Å². The first-order valence-corrected chi connectivity index (χ1v) is 3.02. The van der Waals surface area contributed by atoms with Crippen molar-refractivity contribution >= 4 is 0 Å². The highest BCUT2D eigenvalue weighted by molar-refractivity contribution is 5.05. The van der Waals surface area contributed by atoms with Crippen molar-refractivity contribution in [3.05, 3.63) is 0 Å². The fourth-order valence-corrected chi connectivity index (χ4v) is 1.57. The molecule has 0 aromatic heterocycles. The number of rotatable bonds is 0. The third kappa shape index (κ3) is 0.367. The lowest BCUT2D eigenvalue weighted by Crippen LogP contribution is -2.13. The monoisotopic (exact) mass is 97.1 g/mol. The lowest BCUT2D eigenvalue weighted by atomic mass is 10.1. The molecule has 0 aromatic carbocycles. The third-order valence-corrected chi connectivity index (χ3v) is 2.46. The summed E-state index contributed by atoms with van der Waals surface area (Å²) in [6.07, 6.45) is 1.49. The number of piperidine rings is 1. The Labute approximate surface area is 44.1 Å². The number of hydrogen-bond acceptors (Lipinski definition) is 1. The maximum absolute atomic E-state index is 3.36. The maximum atomic E-state index is 3.36. The van der Waals surface area contributed by atoms with Crippen LogP contribution in [0.1, 0.15) is 13.3 Å². The molecule has 1 saturated carbocycles. The number of hydrogen-bond donors (Lipinski definition) is 1. The molecule has 0 spiro atoms. The lowest BCUT2D eigenvalue weighted by molar-refractivity contribution is 0.576. The molecule has 1 heterocycles. The third-order valence-electron chi connectivity index (χ3n) is 2.46. The van der Waals surface area contributed by atoms with E-state index in [1.165, 1.54) is 19.5 Å². The largest absolute Gasteiger partial charge is 0.316 e. The van der Waals surface area contributed by atoms with E-state index in [-0.39, 0.29) is 0 Å². The van der Waals surface area contributed by atoms with Gasteiger partial charge in [-0.3, -0.25) is 0 Å². The molecule has 0 bridgehead atoms. The van der Waals surface area contributed by atoms with Gasteiger partial charge in [-0.05, 0) is 24.3 Å². The molecule has 2 aliphatic rings.